The third-order valence-corrected chi connectivity index (χ3v) is 10.9. The minimum atomic E-state index is -0.497. The maximum atomic E-state index is 15.0. The number of amides is 1. The number of nitriles is 2. The van der Waals surface area contributed by atoms with Gasteiger partial charge in [0.1, 0.15) is 29.3 Å². The first-order valence-corrected chi connectivity index (χ1v) is 17.1. The number of carbonyl (C=O) groups is 1. The lowest BCUT2D eigenvalue weighted by Crippen LogP contribution is -2.42. The van der Waals surface area contributed by atoms with Gasteiger partial charge in [0, 0.05) is 69.2 Å². The van der Waals surface area contributed by atoms with Gasteiger partial charge in [0.15, 0.2) is 0 Å². The number of nitrogens with zero attached hydrogens (tertiary/aromatic N) is 7. The second-order valence-corrected chi connectivity index (χ2v) is 13.8. The molecule has 0 bridgehead atoms. The zero-order valence-electron chi connectivity index (χ0n) is 28.5. The summed E-state index contributed by atoms with van der Waals surface area (Å²) in [6.07, 6.45) is 3.00. The summed E-state index contributed by atoms with van der Waals surface area (Å²) < 4.78 is 32.6. The summed E-state index contributed by atoms with van der Waals surface area (Å²) in [5.74, 6) is -0.0233. The van der Waals surface area contributed by atoms with Crippen LogP contribution >= 0.6 is 11.3 Å². The summed E-state index contributed by atoms with van der Waals surface area (Å²) in [5.41, 5.74) is 8.07. The van der Waals surface area contributed by atoms with Gasteiger partial charge < -0.3 is 29.7 Å². The van der Waals surface area contributed by atoms with Gasteiger partial charge in [0.05, 0.1) is 46.2 Å². The van der Waals surface area contributed by atoms with Crippen LogP contribution in [0.1, 0.15) is 24.0 Å². The number of thiophene rings is 1. The molecule has 0 radical (unpaired) electrons. The molecule has 0 saturated carbocycles. The van der Waals surface area contributed by atoms with Gasteiger partial charge in [-0.3, -0.25) is 9.69 Å². The van der Waals surface area contributed by atoms with Crippen LogP contribution in [0.15, 0.2) is 36.9 Å². The monoisotopic (exact) mass is 698 g/mol. The van der Waals surface area contributed by atoms with Gasteiger partial charge in [-0.1, -0.05) is 12.6 Å². The van der Waals surface area contributed by atoms with Gasteiger partial charge in [0.2, 0.25) is 5.91 Å². The highest BCUT2D eigenvalue weighted by atomic mass is 32.1. The number of benzene rings is 2. The van der Waals surface area contributed by atoms with Crippen molar-refractivity contribution < 1.29 is 23.4 Å². The highest BCUT2D eigenvalue weighted by Gasteiger charge is 2.37. The molecular weight excluding hydrogens is 660 g/mol. The fourth-order valence-corrected chi connectivity index (χ4v) is 8.21. The van der Waals surface area contributed by atoms with Gasteiger partial charge >= 0.3 is 6.01 Å². The second kappa shape index (κ2) is 14.5. The molecule has 2 saturated heterocycles. The topological polar surface area (TPSA) is 154 Å². The van der Waals surface area contributed by atoms with E-state index in [1.54, 1.807) is 37.3 Å². The van der Waals surface area contributed by atoms with Gasteiger partial charge in [-0.15, -0.1) is 11.3 Å². The minimum Gasteiger partial charge on any atom is -0.462 e. The quantitative estimate of drug-likeness (QED) is 0.219. The van der Waals surface area contributed by atoms with Crippen molar-refractivity contribution in [2.45, 2.75) is 31.0 Å². The van der Waals surface area contributed by atoms with Crippen LogP contribution in [-0.2, 0) is 14.3 Å². The van der Waals surface area contributed by atoms with Crippen LogP contribution in [0.5, 0.6) is 6.01 Å². The van der Waals surface area contributed by atoms with E-state index in [9.17, 15) is 19.7 Å². The van der Waals surface area contributed by atoms with E-state index >= 15 is 0 Å². The first-order valence-electron chi connectivity index (χ1n) is 16.3. The van der Waals surface area contributed by atoms with E-state index in [0.29, 0.717) is 65.1 Å². The summed E-state index contributed by atoms with van der Waals surface area (Å²) in [6.45, 7) is 6.28. The average molecular weight is 699 g/mol. The van der Waals surface area contributed by atoms with E-state index in [-0.39, 0.29) is 51.3 Å². The molecule has 2 aliphatic rings. The Morgan fingerprint density at radius 2 is 2.02 bits per heavy atom. The number of carbonyl (C=O) groups excluding carboxylic acids is 1. The highest BCUT2D eigenvalue weighted by Crippen LogP contribution is 2.43. The third kappa shape index (κ3) is 6.43. The van der Waals surface area contributed by atoms with Crippen molar-refractivity contribution in [3.8, 4) is 29.3 Å². The molecule has 2 unspecified atom stereocenters. The number of hydrogen-bond acceptors (Lipinski definition) is 12. The van der Waals surface area contributed by atoms with E-state index in [4.69, 9.17) is 29.9 Å². The maximum Gasteiger partial charge on any atom is 0.319 e. The fourth-order valence-electron chi connectivity index (χ4n) is 7.26. The smallest absolute Gasteiger partial charge is 0.319 e. The molecule has 2 fully saturated rings. The minimum absolute atomic E-state index is 0.0620. The van der Waals surface area contributed by atoms with Crippen molar-refractivity contribution in [1.82, 2.24) is 19.8 Å². The summed E-state index contributed by atoms with van der Waals surface area (Å²) in [4.78, 5) is 28.3. The normalized spacial score (nSPS) is 20.7. The summed E-state index contributed by atoms with van der Waals surface area (Å²) in [7, 11) is 7.26. The first-order chi connectivity index (χ1) is 24.1. The van der Waals surface area contributed by atoms with Gasteiger partial charge in [0.25, 0.3) is 0 Å². The number of rotatable bonds is 11. The lowest BCUT2D eigenvalue weighted by molar-refractivity contribution is -0.128. The number of fused-ring (bicyclic) bond motifs is 2. The predicted molar refractivity (Wildman–Crippen MR) is 190 cm³/mol. The number of ether oxygens (including phenoxy) is 3. The number of nitrogen functional groups attached to an aromatic ring is 1. The predicted octanol–water partition coefficient (Wildman–Crippen LogP) is 4.56. The molecule has 2 N–H and O–H groups in total. The number of halogens is 1. The standard InChI is InChI=1S/C36H39FN8O4S/c1-6-31(46)45-10-9-20(30(45)19-47-4)16-44(3)35-26-11-21(14-38)25(24-7-8-28(37)33-32(24)27(15-39)34(40)50-33)13-29(26)41-36(42-35)49-18-22-12-23(48-5)17-43(22)2/h6-8,11,13,20,22-23,30H,1,9-10,12,16-19,40H2,2-5H3/t20?,22-,23+,30?/m0/s1. The summed E-state index contributed by atoms with van der Waals surface area (Å²) in [5, 5.41) is 21.5. The lowest BCUT2D eigenvalue weighted by Gasteiger charge is -2.30. The van der Waals surface area contributed by atoms with Crippen molar-refractivity contribution in [2.75, 3.05) is 71.8 Å². The van der Waals surface area contributed by atoms with Crippen LogP contribution in [0.25, 0.3) is 32.1 Å². The summed E-state index contributed by atoms with van der Waals surface area (Å²) >= 11 is 1.00. The molecular formula is C36H39FN8O4S. The number of aromatic nitrogens is 2. The van der Waals surface area contributed by atoms with E-state index in [1.165, 1.54) is 12.1 Å². The Hall–Kier alpha value is -4.86. The van der Waals surface area contributed by atoms with E-state index in [0.717, 1.165) is 30.7 Å². The van der Waals surface area contributed by atoms with Crippen molar-refractivity contribution in [3.63, 3.8) is 0 Å². The Morgan fingerprint density at radius 3 is 2.70 bits per heavy atom. The van der Waals surface area contributed by atoms with E-state index in [2.05, 4.69) is 23.6 Å². The van der Waals surface area contributed by atoms with Crippen molar-refractivity contribution in [3.05, 3.63) is 53.9 Å². The van der Waals surface area contributed by atoms with Crippen LogP contribution in [-0.4, -0.2) is 105 Å². The van der Waals surface area contributed by atoms with Crippen LogP contribution < -0.4 is 15.4 Å². The Labute approximate surface area is 294 Å². The van der Waals surface area contributed by atoms with Crippen LogP contribution in [0.4, 0.5) is 15.2 Å². The van der Waals surface area contributed by atoms with Crippen LogP contribution in [0, 0.1) is 34.4 Å². The molecule has 2 aromatic carbocycles. The molecule has 4 atom stereocenters. The molecule has 14 heteroatoms. The van der Waals surface area contributed by atoms with E-state index < -0.39 is 5.82 Å². The number of likely N-dealkylation sites (tertiary alicyclic amines) is 2. The van der Waals surface area contributed by atoms with Crippen molar-refractivity contribution in [2.24, 2.45) is 5.92 Å². The van der Waals surface area contributed by atoms with Gasteiger partial charge in [-0.05, 0) is 49.7 Å². The van der Waals surface area contributed by atoms with Crippen LogP contribution in [0.3, 0.4) is 0 Å². The average Bonchev–Trinajstić information content (AvgIpc) is 3.80. The number of hydrogen-bond donors (Lipinski definition) is 1. The number of methoxy groups -OCH3 is 2. The summed E-state index contributed by atoms with van der Waals surface area (Å²) in [6, 6.07) is 10.9. The Balaban J connectivity index is 1.45. The molecule has 6 rings (SSSR count). The Bertz CT molecular complexity index is 2040. The zero-order chi connectivity index (χ0) is 35.7. The fraction of sp³-hybridized carbons (Fsp3) is 0.417. The molecule has 0 spiro atoms. The molecule has 50 heavy (non-hydrogen) atoms. The molecule has 260 valence electrons. The molecule has 4 aromatic rings. The zero-order valence-corrected chi connectivity index (χ0v) is 29.3. The number of nitrogens with two attached hydrogens (primary N) is 1. The number of anilines is 2. The van der Waals surface area contributed by atoms with Gasteiger partial charge in [-0.2, -0.15) is 20.5 Å². The van der Waals surface area contributed by atoms with Crippen molar-refractivity contribution in [1.29, 1.82) is 10.5 Å². The molecule has 0 aliphatic carbocycles. The lowest BCUT2D eigenvalue weighted by atomic mass is 9.94. The highest BCUT2D eigenvalue weighted by molar-refractivity contribution is 7.23. The number of likely N-dealkylation sites (N-methyl/N-ethyl adjacent to an activating group) is 1. The first kappa shape index (κ1) is 35.0. The largest absolute Gasteiger partial charge is 0.462 e. The van der Waals surface area contributed by atoms with Crippen molar-refractivity contribution >= 4 is 49.1 Å². The molecule has 4 heterocycles. The molecule has 12 nitrogen and oxygen atoms in total. The molecule has 2 aliphatic heterocycles. The Morgan fingerprint density at radius 1 is 1.22 bits per heavy atom. The maximum absolute atomic E-state index is 15.0. The van der Waals surface area contributed by atoms with Gasteiger partial charge in [-0.25, -0.2) is 4.39 Å². The molecule has 2 aromatic heterocycles. The third-order valence-electron chi connectivity index (χ3n) is 9.87. The van der Waals surface area contributed by atoms with Crippen LogP contribution in [0.2, 0.25) is 0 Å². The molecule has 1 amide bonds. The Kier molecular flexibility index (Phi) is 10.2. The second-order valence-electron chi connectivity index (χ2n) is 12.8. The van der Waals surface area contributed by atoms with E-state index in [1.807, 2.05) is 19.0 Å². The SMILES string of the molecule is C=CC(=O)N1CCC(CN(C)c2nc(OC[C@@H]3C[C@@H](OC)CN3C)nc3cc(-c4ccc(F)c5sc(N)c(C#N)c45)c(C#N)cc23)C1COC.